The van der Waals surface area contributed by atoms with Gasteiger partial charge in [-0.15, -0.1) is 0 Å². The molecule has 0 radical (unpaired) electrons. The van der Waals surface area contributed by atoms with Crippen molar-refractivity contribution in [1.29, 1.82) is 0 Å². The second kappa shape index (κ2) is 14.1. The lowest BCUT2D eigenvalue weighted by atomic mass is 9.46. The van der Waals surface area contributed by atoms with Gasteiger partial charge in [-0.05, 0) is 67.6 Å². The fraction of sp³-hybridized carbons (Fsp3) is 0.923. The van der Waals surface area contributed by atoms with Crippen LogP contribution in [0.2, 0.25) is 0 Å². The summed E-state index contributed by atoms with van der Waals surface area (Å²) in [5, 5.41) is 72.7. The highest BCUT2D eigenvalue weighted by Crippen LogP contribution is 2.69. The minimum absolute atomic E-state index is 0.0284. The highest BCUT2D eigenvalue weighted by molar-refractivity contribution is 5.87. The molecule has 0 unspecified atom stereocenters. The van der Waals surface area contributed by atoms with Crippen LogP contribution in [0.5, 0.6) is 0 Å². The molecule has 0 amide bonds. The highest BCUT2D eigenvalue weighted by atomic mass is 16.7. The fourth-order valence-electron chi connectivity index (χ4n) is 12.3. The molecular weight excluding hydrogens is 692 g/mol. The fourth-order valence-corrected chi connectivity index (χ4v) is 12.3. The molecule has 7 fully saturated rings. The van der Waals surface area contributed by atoms with Gasteiger partial charge in [-0.3, -0.25) is 4.79 Å². The minimum Gasteiger partial charge on any atom is -0.394 e. The van der Waals surface area contributed by atoms with Crippen LogP contribution in [0.15, 0.2) is 11.6 Å². The van der Waals surface area contributed by atoms with Crippen LogP contribution in [-0.2, 0) is 33.2 Å². The van der Waals surface area contributed by atoms with E-state index in [-0.39, 0.29) is 41.3 Å². The number of hydrogen-bond donors (Lipinski definition) is 7. The van der Waals surface area contributed by atoms with E-state index < -0.39 is 85.8 Å². The Balaban J connectivity index is 0.929. The number of allylic oxidation sites excluding steroid dienone is 1. The molecule has 0 bridgehead atoms. The van der Waals surface area contributed by atoms with Gasteiger partial charge < -0.3 is 64.2 Å². The standard InChI is InChI=1S/C39H60O14/c1-17-7-10-39(48-16-17)18(2)28-24(53-39)12-23-21-6-5-19-11-20(8-9-37(19,3)22(21)13-27(42)38(23,28)4)49-35-33(47)31(45)34(26(15-41)51-35)52-36-32(46)30(44)29(43)25(14-40)50-36/h5,17-18,20-26,28-36,40-41,43-47H,6-16H2,1-4H3/t17-,18-,20+,21-,22+,23-,24-,25+,26-,28+,29+,30-,31-,32+,33-,34+,35-,36-,37-,38+,39+/m0/s1. The summed E-state index contributed by atoms with van der Waals surface area (Å²) < 4.78 is 36.6. The van der Waals surface area contributed by atoms with Crippen molar-refractivity contribution in [2.75, 3.05) is 19.8 Å². The Morgan fingerprint density at radius 2 is 1.53 bits per heavy atom. The number of carbonyl (C=O) groups excluding carboxylic acids is 1. The van der Waals surface area contributed by atoms with Crippen LogP contribution in [0, 0.1) is 46.3 Å². The minimum atomic E-state index is -1.74. The average molecular weight is 753 g/mol. The number of fused-ring (bicyclic) bond motifs is 7. The van der Waals surface area contributed by atoms with Crippen molar-refractivity contribution >= 4 is 5.78 Å². The van der Waals surface area contributed by atoms with Gasteiger partial charge in [0.25, 0.3) is 0 Å². The molecule has 8 aliphatic rings. The Morgan fingerprint density at radius 1 is 0.830 bits per heavy atom. The Labute approximate surface area is 310 Å². The Hall–Kier alpha value is -1.11. The lowest BCUT2D eigenvalue weighted by Crippen LogP contribution is -2.65. The van der Waals surface area contributed by atoms with Crippen molar-refractivity contribution in [3.63, 3.8) is 0 Å². The summed E-state index contributed by atoms with van der Waals surface area (Å²) in [6.45, 7) is 8.38. The second-order valence-electron chi connectivity index (χ2n) is 18.1. The number of Topliss-reactive ketones (excluding diaryl/α,β-unsaturated/α-hetero) is 1. The number of ether oxygens (including phenoxy) is 6. The molecule has 0 aromatic rings. The normalized spacial score (nSPS) is 56.7. The van der Waals surface area contributed by atoms with Gasteiger partial charge in [0.1, 0.15) is 54.6 Å². The van der Waals surface area contributed by atoms with Crippen LogP contribution in [0.1, 0.15) is 79.1 Å². The zero-order chi connectivity index (χ0) is 37.8. The molecule has 300 valence electrons. The summed E-state index contributed by atoms with van der Waals surface area (Å²) in [6.07, 6.45) is -6.67. The van der Waals surface area contributed by atoms with Crippen LogP contribution in [-0.4, -0.2) is 141 Å². The van der Waals surface area contributed by atoms with Crippen LogP contribution in [0.3, 0.4) is 0 Å². The van der Waals surface area contributed by atoms with Gasteiger partial charge in [-0.1, -0.05) is 39.3 Å². The maximum Gasteiger partial charge on any atom is 0.187 e. The Morgan fingerprint density at radius 3 is 2.23 bits per heavy atom. The molecule has 14 heteroatoms. The third kappa shape index (κ3) is 5.96. The predicted octanol–water partition coefficient (Wildman–Crippen LogP) is 0.541. The number of aliphatic hydroxyl groups is 7. The van der Waals surface area contributed by atoms with Crippen LogP contribution in [0.25, 0.3) is 0 Å². The molecule has 7 N–H and O–H groups in total. The van der Waals surface area contributed by atoms with Gasteiger partial charge in [0, 0.05) is 30.1 Å². The van der Waals surface area contributed by atoms with E-state index in [4.69, 9.17) is 28.4 Å². The van der Waals surface area contributed by atoms with E-state index in [1.54, 1.807) is 0 Å². The first kappa shape index (κ1) is 38.7. The molecule has 53 heavy (non-hydrogen) atoms. The van der Waals surface area contributed by atoms with Gasteiger partial charge in [0.2, 0.25) is 0 Å². The van der Waals surface area contributed by atoms with E-state index in [0.29, 0.717) is 43.5 Å². The molecule has 4 saturated heterocycles. The zero-order valence-corrected chi connectivity index (χ0v) is 31.2. The van der Waals surface area contributed by atoms with Gasteiger partial charge in [-0.25, -0.2) is 0 Å². The van der Waals surface area contributed by atoms with Crippen molar-refractivity contribution in [3.8, 4) is 0 Å². The molecule has 21 atom stereocenters. The summed E-state index contributed by atoms with van der Waals surface area (Å²) in [4.78, 5) is 14.5. The van der Waals surface area contributed by atoms with E-state index in [1.807, 2.05) is 0 Å². The summed E-state index contributed by atoms with van der Waals surface area (Å²) in [5.74, 6) is 1.44. The maximum atomic E-state index is 14.5. The molecular formula is C39H60O14. The number of rotatable bonds is 6. The molecule has 4 heterocycles. The molecule has 4 aliphatic heterocycles. The monoisotopic (exact) mass is 752 g/mol. The van der Waals surface area contributed by atoms with Crippen LogP contribution >= 0.6 is 0 Å². The van der Waals surface area contributed by atoms with Gasteiger partial charge in [0.15, 0.2) is 18.4 Å². The highest BCUT2D eigenvalue weighted by Gasteiger charge is 2.71. The lowest BCUT2D eigenvalue weighted by molar-refractivity contribution is -0.363. The van der Waals surface area contributed by atoms with Gasteiger partial charge in [0.05, 0.1) is 32.0 Å². The van der Waals surface area contributed by atoms with E-state index in [9.17, 15) is 40.5 Å². The number of hydrogen-bond acceptors (Lipinski definition) is 14. The first-order chi connectivity index (χ1) is 25.2. The molecule has 0 aromatic carbocycles. The zero-order valence-electron chi connectivity index (χ0n) is 31.2. The smallest absolute Gasteiger partial charge is 0.187 e. The summed E-state index contributed by atoms with van der Waals surface area (Å²) in [6, 6.07) is 0. The van der Waals surface area contributed by atoms with Crippen molar-refractivity contribution in [2.24, 2.45) is 46.3 Å². The first-order valence-corrected chi connectivity index (χ1v) is 19.9. The number of carbonyl (C=O) groups is 1. The third-order valence-electron chi connectivity index (χ3n) is 15.5. The maximum absolute atomic E-state index is 14.5. The van der Waals surface area contributed by atoms with E-state index in [0.717, 1.165) is 32.1 Å². The molecule has 8 rings (SSSR count). The molecule has 1 spiro atoms. The topological polar surface area (TPSA) is 214 Å². The molecule has 14 nitrogen and oxygen atoms in total. The van der Waals surface area contributed by atoms with Crippen LogP contribution < -0.4 is 0 Å². The van der Waals surface area contributed by atoms with Gasteiger partial charge in [-0.2, -0.15) is 0 Å². The molecule has 0 aromatic heterocycles. The number of aliphatic hydroxyl groups excluding tert-OH is 7. The van der Waals surface area contributed by atoms with E-state index >= 15 is 0 Å². The lowest BCUT2D eigenvalue weighted by Gasteiger charge is -2.58. The second-order valence-corrected chi connectivity index (χ2v) is 18.1. The van der Waals surface area contributed by atoms with Crippen molar-refractivity contribution in [2.45, 2.75) is 158 Å². The summed E-state index contributed by atoms with van der Waals surface area (Å²) in [7, 11) is 0. The SMILES string of the molecule is C[C@H]1CC[C@@]2(OC1)O[C@H]1C[C@H]3[C@H]4CC=C5C[C@H](O[C@H]6O[C@@H](CO)[C@@H](O[C@@H]7O[C@H](CO)[C@@H](O)[C@H](O)[C@H]7O)[C@@H](O)[C@@H]6O)CC[C@]5(C)[C@@H]4CC(=O)[C@]3(C)[C@@H]1[C@@H]2C. The first-order valence-electron chi connectivity index (χ1n) is 19.9. The van der Waals surface area contributed by atoms with Crippen molar-refractivity contribution in [3.05, 3.63) is 11.6 Å². The molecule has 3 saturated carbocycles. The van der Waals surface area contributed by atoms with E-state index in [1.165, 1.54) is 5.57 Å². The van der Waals surface area contributed by atoms with Crippen LogP contribution in [0.4, 0.5) is 0 Å². The molecule has 4 aliphatic carbocycles. The van der Waals surface area contributed by atoms with E-state index in [2.05, 4.69) is 33.8 Å². The summed E-state index contributed by atoms with van der Waals surface area (Å²) >= 11 is 0. The van der Waals surface area contributed by atoms with Crippen molar-refractivity contribution in [1.82, 2.24) is 0 Å². The van der Waals surface area contributed by atoms with Gasteiger partial charge >= 0.3 is 0 Å². The quantitative estimate of drug-likeness (QED) is 0.185. The number of ketones is 1. The third-order valence-corrected chi connectivity index (χ3v) is 15.5. The predicted molar refractivity (Wildman–Crippen MR) is 183 cm³/mol. The van der Waals surface area contributed by atoms with Crippen molar-refractivity contribution < 1.29 is 69.0 Å². The Bertz CT molecular complexity index is 1400. The summed E-state index contributed by atoms with van der Waals surface area (Å²) in [5.41, 5.74) is 0.620. The largest absolute Gasteiger partial charge is 0.394 e. The average Bonchev–Trinajstić information content (AvgIpc) is 3.59. The Kier molecular flexibility index (Phi) is 10.3.